The minimum atomic E-state index is -0.912. The Labute approximate surface area is 126 Å². The number of hydrogen-bond acceptors (Lipinski definition) is 3. The van der Waals surface area contributed by atoms with Crippen LogP contribution in [0.4, 0.5) is 4.39 Å². The first-order valence-electron chi connectivity index (χ1n) is 6.65. The molecule has 0 aliphatic carbocycles. The summed E-state index contributed by atoms with van der Waals surface area (Å²) in [6, 6.07) is 9.63. The molecule has 1 N–H and O–H groups in total. The Kier molecular flexibility index (Phi) is 3.99. The van der Waals surface area contributed by atoms with E-state index in [2.05, 4.69) is 0 Å². The molecule has 1 heterocycles. The summed E-state index contributed by atoms with van der Waals surface area (Å²) in [6.45, 7) is 0.929. The van der Waals surface area contributed by atoms with Gasteiger partial charge < -0.3 is 14.6 Å². The maximum atomic E-state index is 13.7. The standard InChI is InChI=1S/C16H14ClFO3/c17-12-9-16-15(20-5-6-21-16)8-11(12)14(19)7-10-3-1-2-4-13(10)18/h1-4,8-9,14,19H,5-7H2. The molecule has 3 nitrogen and oxygen atoms in total. The summed E-state index contributed by atoms with van der Waals surface area (Å²) in [6.07, 6.45) is -0.767. The van der Waals surface area contributed by atoms with Crippen LogP contribution >= 0.6 is 11.6 Å². The first-order valence-corrected chi connectivity index (χ1v) is 7.03. The van der Waals surface area contributed by atoms with Gasteiger partial charge in [0.2, 0.25) is 0 Å². The van der Waals surface area contributed by atoms with E-state index in [9.17, 15) is 9.50 Å². The monoisotopic (exact) mass is 308 g/mol. The normalized spacial score (nSPS) is 14.8. The Balaban J connectivity index is 1.87. The smallest absolute Gasteiger partial charge is 0.162 e. The zero-order chi connectivity index (χ0) is 14.8. The van der Waals surface area contributed by atoms with E-state index in [0.717, 1.165) is 0 Å². The molecule has 1 unspecified atom stereocenters. The predicted molar refractivity (Wildman–Crippen MR) is 77.5 cm³/mol. The van der Waals surface area contributed by atoms with Crippen LogP contribution < -0.4 is 9.47 Å². The lowest BCUT2D eigenvalue weighted by molar-refractivity contribution is 0.164. The third kappa shape index (κ3) is 2.96. The average molecular weight is 309 g/mol. The summed E-state index contributed by atoms with van der Waals surface area (Å²) in [5, 5.41) is 10.7. The van der Waals surface area contributed by atoms with Crippen molar-refractivity contribution in [2.45, 2.75) is 12.5 Å². The lowest BCUT2D eigenvalue weighted by Crippen LogP contribution is -2.16. The Bertz CT molecular complexity index is 660. The number of rotatable bonds is 3. The zero-order valence-corrected chi connectivity index (χ0v) is 11.9. The second-order valence-corrected chi connectivity index (χ2v) is 5.24. The maximum absolute atomic E-state index is 13.7. The van der Waals surface area contributed by atoms with E-state index in [-0.39, 0.29) is 12.2 Å². The molecule has 2 aromatic rings. The Hall–Kier alpha value is -1.78. The van der Waals surface area contributed by atoms with Crippen molar-refractivity contribution in [2.24, 2.45) is 0 Å². The molecule has 5 heteroatoms. The second-order valence-electron chi connectivity index (χ2n) is 4.83. The quantitative estimate of drug-likeness (QED) is 0.943. The van der Waals surface area contributed by atoms with Gasteiger partial charge in [0.25, 0.3) is 0 Å². The number of aliphatic hydroxyl groups is 1. The number of ether oxygens (including phenoxy) is 2. The SMILES string of the molecule is OC(Cc1ccccc1F)c1cc2c(cc1Cl)OCCO2. The molecule has 110 valence electrons. The Morgan fingerprint density at radius 3 is 2.52 bits per heavy atom. The predicted octanol–water partition coefficient (Wildman–Crippen LogP) is 3.53. The fourth-order valence-electron chi connectivity index (χ4n) is 2.32. The summed E-state index contributed by atoms with van der Waals surface area (Å²) < 4.78 is 24.6. The highest BCUT2D eigenvalue weighted by Crippen LogP contribution is 2.38. The first kappa shape index (κ1) is 14.2. The van der Waals surface area contributed by atoms with Crippen molar-refractivity contribution < 1.29 is 19.0 Å². The van der Waals surface area contributed by atoms with Gasteiger partial charge >= 0.3 is 0 Å². The third-order valence-electron chi connectivity index (χ3n) is 3.39. The number of aliphatic hydroxyl groups excluding tert-OH is 1. The van der Waals surface area contributed by atoms with Crippen LogP contribution in [-0.2, 0) is 6.42 Å². The van der Waals surface area contributed by atoms with E-state index in [1.807, 2.05) is 0 Å². The highest BCUT2D eigenvalue weighted by atomic mass is 35.5. The molecule has 3 rings (SSSR count). The van der Waals surface area contributed by atoms with Gasteiger partial charge in [0.15, 0.2) is 11.5 Å². The number of hydrogen-bond donors (Lipinski definition) is 1. The van der Waals surface area contributed by atoms with Crippen molar-refractivity contribution in [3.05, 3.63) is 58.4 Å². The summed E-state index contributed by atoms with van der Waals surface area (Å²) in [5.41, 5.74) is 0.945. The molecular formula is C16H14ClFO3. The second kappa shape index (κ2) is 5.92. The molecule has 0 radical (unpaired) electrons. The van der Waals surface area contributed by atoms with Crippen molar-refractivity contribution in [3.63, 3.8) is 0 Å². The molecule has 0 spiro atoms. The highest BCUT2D eigenvalue weighted by Gasteiger charge is 2.20. The molecule has 1 aliphatic rings. The van der Waals surface area contributed by atoms with Gasteiger partial charge in [0.05, 0.1) is 11.1 Å². The van der Waals surface area contributed by atoms with E-state index in [4.69, 9.17) is 21.1 Å². The molecule has 0 amide bonds. The van der Waals surface area contributed by atoms with Gasteiger partial charge in [-0.25, -0.2) is 4.39 Å². The molecular weight excluding hydrogens is 295 g/mol. The van der Waals surface area contributed by atoms with Crippen molar-refractivity contribution in [1.29, 1.82) is 0 Å². The van der Waals surface area contributed by atoms with Gasteiger partial charge in [0.1, 0.15) is 19.0 Å². The summed E-state index contributed by atoms with van der Waals surface area (Å²) in [5.74, 6) is 0.770. The molecule has 21 heavy (non-hydrogen) atoms. The highest BCUT2D eigenvalue weighted by molar-refractivity contribution is 6.31. The number of fused-ring (bicyclic) bond motifs is 1. The lowest BCUT2D eigenvalue weighted by Gasteiger charge is -2.21. The number of halogens is 2. The van der Waals surface area contributed by atoms with Crippen LogP contribution in [-0.4, -0.2) is 18.3 Å². The van der Waals surface area contributed by atoms with Crippen LogP contribution in [0.15, 0.2) is 36.4 Å². The van der Waals surface area contributed by atoms with Crippen LogP contribution in [0.3, 0.4) is 0 Å². The van der Waals surface area contributed by atoms with Gasteiger partial charge in [-0.15, -0.1) is 0 Å². The van der Waals surface area contributed by atoms with Crippen LogP contribution in [0.2, 0.25) is 5.02 Å². The van der Waals surface area contributed by atoms with Gasteiger partial charge in [0, 0.05) is 18.1 Å². The molecule has 0 fully saturated rings. The lowest BCUT2D eigenvalue weighted by atomic mass is 10.0. The Morgan fingerprint density at radius 1 is 1.14 bits per heavy atom. The van der Waals surface area contributed by atoms with Crippen molar-refractivity contribution in [3.8, 4) is 11.5 Å². The van der Waals surface area contributed by atoms with Crippen molar-refractivity contribution in [2.75, 3.05) is 13.2 Å². The van der Waals surface area contributed by atoms with E-state index in [1.165, 1.54) is 6.07 Å². The maximum Gasteiger partial charge on any atom is 0.162 e. The molecule has 2 aromatic carbocycles. The summed E-state index contributed by atoms with van der Waals surface area (Å²) in [4.78, 5) is 0. The molecule has 0 bridgehead atoms. The fraction of sp³-hybridized carbons (Fsp3) is 0.250. The van der Waals surface area contributed by atoms with E-state index in [0.29, 0.717) is 40.9 Å². The van der Waals surface area contributed by atoms with Crippen molar-refractivity contribution >= 4 is 11.6 Å². The van der Waals surface area contributed by atoms with E-state index in [1.54, 1.807) is 30.3 Å². The molecule has 0 saturated heterocycles. The van der Waals surface area contributed by atoms with Crippen LogP contribution in [0.1, 0.15) is 17.2 Å². The van der Waals surface area contributed by atoms with Crippen LogP contribution in [0.25, 0.3) is 0 Å². The average Bonchev–Trinajstić information content (AvgIpc) is 2.49. The minimum Gasteiger partial charge on any atom is -0.486 e. The van der Waals surface area contributed by atoms with E-state index < -0.39 is 6.10 Å². The van der Waals surface area contributed by atoms with Gasteiger partial charge in [-0.05, 0) is 17.7 Å². The van der Waals surface area contributed by atoms with Crippen LogP contribution in [0.5, 0.6) is 11.5 Å². The molecule has 0 saturated carbocycles. The fourth-order valence-corrected chi connectivity index (χ4v) is 2.60. The minimum absolute atomic E-state index is 0.145. The molecule has 1 aliphatic heterocycles. The topological polar surface area (TPSA) is 38.7 Å². The van der Waals surface area contributed by atoms with E-state index >= 15 is 0 Å². The summed E-state index contributed by atoms with van der Waals surface area (Å²) >= 11 is 6.17. The van der Waals surface area contributed by atoms with Crippen molar-refractivity contribution in [1.82, 2.24) is 0 Å². The summed E-state index contributed by atoms with van der Waals surface area (Å²) in [7, 11) is 0. The molecule has 1 atom stereocenters. The van der Waals surface area contributed by atoms with Gasteiger partial charge in [-0.1, -0.05) is 29.8 Å². The number of benzene rings is 2. The van der Waals surface area contributed by atoms with Crippen LogP contribution in [0, 0.1) is 5.82 Å². The largest absolute Gasteiger partial charge is 0.486 e. The zero-order valence-electron chi connectivity index (χ0n) is 11.2. The first-order chi connectivity index (χ1) is 10.1. The Morgan fingerprint density at radius 2 is 1.81 bits per heavy atom. The van der Waals surface area contributed by atoms with Gasteiger partial charge in [-0.3, -0.25) is 0 Å². The third-order valence-corrected chi connectivity index (χ3v) is 3.72. The molecule has 0 aromatic heterocycles. The van der Waals surface area contributed by atoms with Gasteiger partial charge in [-0.2, -0.15) is 0 Å².